The Labute approximate surface area is 192 Å². The third-order valence-electron chi connectivity index (χ3n) is 6.45. The van der Waals surface area contributed by atoms with Crippen molar-refractivity contribution in [1.29, 1.82) is 0 Å². The van der Waals surface area contributed by atoms with Crippen LogP contribution in [0.5, 0.6) is 11.5 Å². The van der Waals surface area contributed by atoms with Gasteiger partial charge in [0.15, 0.2) is 17.3 Å². The normalized spacial score (nSPS) is 22.4. The fourth-order valence-corrected chi connectivity index (χ4v) is 4.86. The van der Waals surface area contributed by atoms with Gasteiger partial charge in [0.2, 0.25) is 0 Å². The summed E-state index contributed by atoms with van der Waals surface area (Å²) in [6, 6.07) is 11.6. The quantitative estimate of drug-likeness (QED) is 0.622. The predicted octanol–water partition coefficient (Wildman–Crippen LogP) is 4.59. The summed E-state index contributed by atoms with van der Waals surface area (Å²) in [4.78, 5) is 30.9. The van der Waals surface area contributed by atoms with Gasteiger partial charge in [-0.25, -0.2) is 4.39 Å². The molecule has 6 nitrogen and oxygen atoms in total. The molecule has 1 aliphatic carbocycles. The molecule has 2 aromatic rings. The van der Waals surface area contributed by atoms with Gasteiger partial charge in [-0.15, -0.1) is 0 Å². The van der Waals surface area contributed by atoms with Crippen molar-refractivity contribution < 1.29 is 28.2 Å². The van der Waals surface area contributed by atoms with E-state index in [0.29, 0.717) is 40.5 Å². The molecule has 33 heavy (non-hydrogen) atoms. The highest BCUT2D eigenvalue weighted by Crippen LogP contribution is 2.47. The number of carbonyl (C=O) groups excluding carboxylic acids is 2. The minimum absolute atomic E-state index is 0.0736. The van der Waals surface area contributed by atoms with Crippen LogP contribution in [-0.4, -0.2) is 38.8 Å². The lowest BCUT2D eigenvalue weighted by Crippen LogP contribution is -2.37. The van der Waals surface area contributed by atoms with Gasteiger partial charge in [-0.1, -0.05) is 18.2 Å². The van der Waals surface area contributed by atoms with Crippen LogP contribution in [0.25, 0.3) is 0 Å². The molecule has 0 fully saturated rings. The SMILES string of the molecule is COC(=O)C1C(C)=NC2=C(C(=O)C[C@@H](c3ccc(OC)c(OC)c3)C2)[C@H]1c1ccc(F)cc1. The van der Waals surface area contributed by atoms with E-state index in [-0.39, 0.29) is 23.9 Å². The summed E-state index contributed by atoms with van der Waals surface area (Å²) < 4.78 is 29.4. The van der Waals surface area contributed by atoms with Crippen molar-refractivity contribution in [1.82, 2.24) is 0 Å². The van der Waals surface area contributed by atoms with Gasteiger partial charge < -0.3 is 14.2 Å². The summed E-state index contributed by atoms with van der Waals surface area (Å²) in [5.41, 5.74) is 3.40. The molecule has 0 radical (unpaired) electrons. The first-order chi connectivity index (χ1) is 15.9. The van der Waals surface area contributed by atoms with Gasteiger partial charge in [0.05, 0.1) is 21.3 Å². The summed E-state index contributed by atoms with van der Waals surface area (Å²) in [6.07, 6.45) is 0.813. The Morgan fingerprint density at radius 1 is 0.970 bits per heavy atom. The fourth-order valence-electron chi connectivity index (χ4n) is 4.86. The average Bonchev–Trinajstić information content (AvgIpc) is 2.82. The minimum Gasteiger partial charge on any atom is -0.493 e. The minimum atomic E-state index is -0.735. The standard InChI is InChI=1S/C26H26FNO5/c1-14-23(26(30)33-4)24(15-5-8-18(27)9-6-15)25-19(28-14)11-17(12-20(25)29)16-7-10-21(31-2)22(13-16)32-3/h5-10,13,17,23-24H,11-12H2,1-4H3/t17-,23?,24-/m0/s1. The third kappa shape index (κ3) is 4.15. The maximum atomic E-state index is 13.6. The first kappa shape index (κ1) is 22.7. The van der Waals surface area contributed by atoms with Crippen LogP contribution in [-0.2, 0) is 14.3 Å². The molecule has 4 rings (SSSR count). The zero-order valence-corrected chi connectivity index (χ0v) is 19.1. The number of rotatable bonds is 5. The Balaban J connectivity index is 1.78. The van der Waals surface area contributed by atoms with E-state index in [1.54, 1.807) is 33.3 Å². The Morgan fingerprint density at radius 3 is 2.27 bits per heavy atom. The highest BCUT2D eigenvalue weighted by Gasteiger charge is 2.44. The molecule has 0 N–H and O–H groups in total. The topological polar surface area (TPSA) is 74.2 Å². The number of allylic oxidation sites excluding steroid dienone is 2. The van der Waals surface area contributed by atoms with Crippen molar-refractivity contribution in [3.63, 3.8) is 0 Å². The summed E-state index contributed by atoms with van der Waals surface area (Å²) in [5, 5.41) is 0. The number of ether oxygens (including phenoxy) is 3. The zero-order chi connectivity index (χ0) is 23.7. The van der Waals surface area contributed by atoms with Crippen LogP contribution in [0.3, 0.4) is 0 Å². The second-order valence-corrected chi connectivity index (χ2v) is 8.29. The van der Waals surface area contributed by atoms with Crippen LogP contribution < -0.4 is 9.47 Å². The summed E-state index contributed by atoms with van der Waals surface area (Å²) in [5.74, 6) is -1.09. The molecule has 1 heterocycles. The fraction of sp³-hybridized carbons (Fsp3) is 0.346. The molecular formula is C26H26FNO5. The van der Waals surface area contributed by atoms with E-state index in [0.717, 1.165) is 5.56 Å². The van der Waals surface area contributed by atoms with Gasteiger partial charge in [0, 0.05) is 29.3 Å². The van der Waals surface area contributed by atoms with E-state index in [9.17, 15) is 14.0 Å². The smallest absolute Gasteiger partial charge is 0.315 e. The van der Waals surface area contributed by atoms with Crippen LogP contribution in [0.15, 0.2) is 58.7 Å². The lowest BCUT2D eigenvalue weighted by atomic mass is 9.69. The van der Waals surface area contributed by atoms with Gasteiger partial charge >= 0.3 is 5.97 Å². The van der Waals surface area contributed by atoms with E-state index >= 15 is 0 Å². The van der Waals surface area contributed by atoms with Crippen LogP contribution in [0.4, 0.5) is 4.39 Å². The van der Waals surface area contributed by atoms with Gasteiger partial charge in [-0.05, 0) is 54.7 Å². The van der Waals surface area contributed by atoms with Crippen molar-refractivity contribution in [3.05, 3.63) is 70.7 Å². The molecule has 0 saturated carbocycles. The number of halogens is 1. The third-order valence-corrected chi connectivity index (χ3v) is 6.45. The predicted molar refractivity (Wildman–Crippen MR) is 121 cm³/mol. The lowest BCUT2D eigenvalue weighted by Gasteiger charge is -2.36. The second kappa shape index (κ2) is 9.17. The van der Waals surface area contributed by atoms with Crippen molar-refractivity contribution in [2.24, 2.45) is 10.9 Å². The maximum absolute atomic E-state index is 13.6. The number of aliphatic imine (C=N–C) groups is 1. The highest BCUT2D eigenvalue weighted by atomic mass is 19.1. The second-order valence-electron chi connectivity index (χ2n) is 8.29. The molecule has 1 unspecified atom stereocenters. The molecule has 3 atom stereocenters. The van der Waals surface area contributed by atoms with Crippen molar-refractivity contribution in [2.75, 3.05) is 21.3 Å². The largest absolute Gasteiger partial charge is 0.493 e. The number of ketones is 1. The number of methoxy groups -OCH3 is 3. The molecular weight excluding hydrogens is 425 g/mol. The maximum Gasteiger partial charge on any atom is 0.315 e. The first-order valence-electron chi connectivity index (χ1n) is 10.7. The van der Waals surface area contributed by atoms with E-state index in [2.05, 4.69) is 0 Å². The van der Waals surface area contributed by atoms with Gasteiger partial charge in [-0.3, -0.25) is 14.6 Å². The Morgan fingerprint density at radius 2 is 1.64 bits per heavy atom. The molecule has 2 aliphatic rings. The number of hydrogen-bond donors (Lipinski definition) is 0. The Hall–Kier alpha value is -3.48. The van der Waals surface area contributed by atoms with Gasteiger partial charge in [-0.2, -0.15) is 0 Å². The van der Waals surface area contributed by atoms with Crippen LogP contribution in [0, 0.1) is 11.7 Å². The van der Waals surface area contributed by atoms with Crippen molar-refractivity contribution in [2.45, 2.75) is 31.6 Å². The first-order valence-corrected chi connectivity index (χ1v) is 10.7. The average molecular weight is 451 g/mol. The zero-order valence-electron chi connectivity index (χ0n) is 19.1. The van der Waals surface area contributed by atoms with Crippen LogP contribution in [0.1, 0.15) is 42.7 Å². The number of Topliss-reactive ketones (excluding diaryl/α,β-unsaturated/α-hetero) is 1. The monoisotopic (exact) mass is 451 g/mol. The summed E-state index contributed by atoms with van der Waals surface area (Å²) in [7, 11) is 4.46. The van der Waals surface area contributed by atoms with Gasteiger partial charge in [0.25, 0.3) is 0 Å². The molecule has 2 aromatic carbocycles. The number of esters is 1. The molecule has 0 aromatic heterocycles. The molecule has 0 amide bonds. The number of carbonyl (C=O) groups is 2. The molecule has 7 heteroatoms. The van der Waals surface area contributed by atoms with E-state index < -0.39 is 17.8 Å². The number of hydrogen-bond acceptors (Lipinski definition) is 6. The number of benzene rings is 2. The summed E-state index contributed by atoms with van der Waals surface area (Å²) in [6.45, 7) is 1.77. The Kier molecular flexibility index (Phi) is 6.31. The molecule has 0 spiro atoms. The van der Waals surface area contributed by atoms with Gasteiger partial charge in [0.1, 0.15) is 11.7 Å². The molecule has 1 aliphatic heterocycles. The van der Waals surface area contributed by atoms with Crippen LogP contribution in [0.2, 0.25) is 0 Å². The summed E-state index contributed by atoms with van der Waals surface area (Å²) >= 11 is 0. The highest BCUT2D eigenvalue weighted by molar-refractivity contribution is 6.09. The lowest BCUT2D eigenvalue weighted by molar-refractivity contribution is -0.143. The molecule has 0 saturated heterocycles. The Bertz CT molecular complexity index is 1150. The van der Waals surface area contributed by atoms with Crippen molar-refractivity contribution in [3.8, 4) is 11.5 Å². The van der Waals surface area contributed by atoms with E-state index in [4.69, 9.17) is 19.2 Å². The number of nitrogens with zero attached hydrogens (tertiary/aromatic N) is 1. The van der Waals surface area contributed by atoms with Crippen molar-refractivity contribution >= 4 is 17.5 Å². The molecule has 172 valence electrons. The van der Waals surface area contributed by atoms with Crippen LogP contribution >= 0.6 is 0 Å². The van der Waals surface area contributed by atoms with E-state index in [1.165, 1.54) is 19.2 Å². The van der Waals surface area contributed by atoms with E-state index in [1.807, 2.05) is 18.2 Å². The molecule has 0 bridgehead atoms.